The number of rotatable bonds is 6. The monoisotopic (exact) mass is 457 g/mol. The van der Waals surface area contributed by atoms with E-state index in [0.717, 1.165) is 29.0 Å². The molecule has 174 valence electrons. The molecule has 5 heteroatoms. The van der Waals surface area contributed by atoms with Crippen LogP contribution >= 0.6 is 11.6 Å². The Kier molecular flexibility index (Phi) is 5.36. The first-order valence-electron chi connectivity index (χ1n) is 11.8. The molecule has 1 aromatic rings. The molecule has 1 aliphatic heterocycles. The van der Waals surface area contributed by atoms with Gasteiger partial charge in [-0.15, -0.1) is 0 Å². The molecule has 0 spiro atoms. The summed E-state index contributed by atoms with van der Waals surface area (Å²) >= 11 is 6.72. The van der Waals surface area contributed by atoms with Gasteiger partial charge >= 0.3 is 5.97 Å². The predicted octanol–water partition coefficient (Wildman–Crippen LogP) is 6.36. The number of amides is 1. The number of carboxylic acids is 1. The summed E-state index contributed by atoms with van der Waals surface area (Å²) in [6.45, 7) is 13.2. The van der Waals surface area contributed by atoms with E-state index in [1.807, 2.05) is 11.1 Å². The van der Waals surface area contributed by atoms with Crippen LogP contribution in [-0.2, 0) is 21.4 Å². The lowest BCUT2D eigenvalue weighted by Gasteiger charge is -2.71. The van der Waals surface area contributed by atoms with Crippen molar-refractivity contribution < 1.29 is 14.7 Å². The van der Waals surface area contributed by atoms with E-state index in [4.69, 9.17) is 11.6 Å². The van der Waals surface area contributed by atoms with Crippen molar-refractivity contribution in [2.24, 2.45) is 16.7 Å². The van der Waals surface area contributed by atoms with Gasteiger partial charge in [0.1, 0.15) is 0 Å². The van der Waals surface area contributed by atoms with Crippen LogP contribution in [0.2, 0.25) is 5.02 Å². The van der Waals surface area contributed by atoms with Crippen molar-refractivity contribution in [3.05, 3.63) is 46.1 Å². The average molecular weight is 458 g/mol. The lowest BCUT2D eigenvalue weighted by atomic mass is 9.38. The Morgan fingerprint density at radius 1 is 1.22 bits per heavy atom. The summed E-state index contributed by atoms with van der Waals surface area (Å²) in [5.74, 6) is -0.373. The number of carboxylic acid groups (broad SMARTS) is 1. The molecule has 2 bridgehead atoms. The Labute approximate surface area is 197 Å². The highest BCUT2D eigenvalue weighted by Crippen LogP contribution is 2.70. The second-order valence-electron chi connectivity index (χ2n) is 12.2. The van der Waals surface area contributed by atoms with E-state index in [2.05, 4.69) is 59.7 Å². The van der Waals surface area contributed by atoms with Gasteiger partial charge in [-0.05, 0) is 66.2 Å². The molecule has 0 aromatic heterocycles. The molecule has 4 aliphatic rings. The molecule has 1 N–H and O–H groups in total. The largest absolute Gasteiger partial charge is 0.481 e. The first kappa shape index (κ1) is 23.4. The molecular weight excluding hydrogens is 422 g/mol. The Hall–Kier alpha value is -1.81. The first-order chi connectivity index (χ1) is 14.7. The maximum absolute atomic E-state index is 13.4. The second kappa shape index (κ2) is 7.35. The minimum atomic E-state index is -0.720. The quantitative estimate of drug-likeness (QED) is 0.541. The van der Waals surface area contributed by atoms with Gasteiger partial charge in [0.2, 0.25) is 5.91 Å². The van der Waals surface area contributed by atoms with Gasteiger partial charge in [0, 0.05) is 23.1 Å². The molecule has 1 amide bonds. The van der Waals surface area contributed by atoms with Gasteiger partial charge < -0.3 is 10.0 Å². The van der Waals surface area contributed by atoms with Gasteiger partial charge in [-0.25, -0.2) is 0 Å². The summed E-state index contributed by atoms with van der Waals surface area (Å²) in [6.07, 6.45) is 6.16. The third-order valence-electron chi connectivity index (χ3n) is 8.10. The lowest BCUT2D eigenvalue weighted by molar-refractivity contribution is -0.224. The molecule has 4 nitrogen and oxygen atoms in total. The molecule has 3 aliphatic carbocycles. The summed E-state index contributed by atoms with van der Waals surface area (Å²) in [5.41, 5.74) is 2.40. The number of carbonyl (C=O) groups excluding carboxylic acids is 1. The maximum Gasteiger partial charge on any atom is 0.309 e. The third-order valence-corrected chi connectivity index (χ3v) is 8.45. The number of carbonyl (C=O) groups is 2. The van der Waals surface area contributed by atoms with Gasteiger partial charge in [0.15, 0.2) is 0 Å². The van der Waals surface area contributed by atoms with Crippen LogP contribution in [0.3, 0.4) is 0 Å². The van der Waals surface area contributed by atoms with Crippen LogP contribution in [0, 0.1) is 16.7 Å². The summed E-state index contributed by atoms with van der Waals surface area (Å²) in [6, 6.07) is 6.32. The number of hydrogen-bond acceptors (Lipinski definition) is 2. The highest BCUT2D eigenvalue weighted by molar-refractivity contribution is 6.31. The molecule has 5 rings (SSSR count). The van der Waals surface area contributed by atoms with E-state index >= 15 is 0 Å². The van der Waals surface area contributed by atoms with Gasteiger partial charge in [0.05, 0.1) is 11.0 Å². The van der Waals surface area contributed by atoms with Crippen molar-refractivity contribution in [1.29, 1.82) is 0 Å². The first-order valence-corrected chi connectivity index (χ1v) is 12.2. The number of halogens is 1. The van der Waals surface area contributed by atoms with E-state index in [9.17, 15) is 14.7 Å². The van der Waals surface area contributed by atoms with E-state index < -0.39 is 16.8 Å². The van der Waals surface area contributed by atoms with Gasteiger partial charge in [0.25, 0.3) is 0 Å². The minimum Gasteiger partial charge on any atom is -0.481 e. The summed E-state index contributed by atoms with van der Waals surface area (Å²) in [7, 11) is 0. The van der Waals surface area contributed by atoms with Crippen LogP contribution in [0.4, 0.5) is 0 Å². The molecule has 0 saturated heterocycles. The van der Waals surface area contributed by atoms with Gasteiger partial charge in [-0.3, -0.25) is 9.59 Å². The predicted molar refractivity (Wildman–Crippen MR) is 128 cm³/mol. The van der Waals surface area contributed by atoms with Crippen LogP contribution in [0.15, 0.2) is 30.0 Å². The molecule has 1 atom stereocenters. The Morgan fingerprint density at radius 2 is 1.84 bits per heavy atom. The van der Waals surface area contributed by atoms with Gasteiger partial charge in [-0.1, -0.05) is 65.3 Å². The van der Waals surface area contributed by atoms with Crippen LogP contribution in [0.5, 0.6) is 0 Å². The van der Waals surface area contributed by atoms with Crippen molar-refractivity contribution in [2.75, 3.05) is 0 Å². The van der Waals surface area contributed by atoms with Crippen LogP contribution in [0.25, 0.3) is 0 Å². The molecule has 3 fully saturated rings. The van der Waals surface area contributed by atoms with E-state index in [-0.39, 0.29) is 22.8 Å². The van der Waals surface area contributed by atoms with Crippen molar-refractivity contribution >= 4 is 23.5 Å². The third kappa shape index (κ3) is 3.59. The standard InChI is InChI=1S/C27H36ClNO3/c1-17(2)20-13-29(27-14-26(15-27,16-27)23(31)32)22(30)12-25(20,6)19-8-7-18(21(28)11-19)9-10-24(3,4)5/h7-8,11,13,17H,9-10,12,14-16H2,1-6H3,(H,31,32)/t25-,26?,27?/m1/s1. The molecule has 32 heavy (non-hydrogen) atoms. The fourth-order valence-corrected chi connectivity index (χ4v) is 6.39. The SMILES string of the molecule is CC(C)C1=CN(C23CC(C(=O)O)(C2)C3)C(=O)C[C@]1(C)c1ccc(CCC(C)(C)C)c(Cl)c1. The average Bonchev–Trinajstić information content (AvgIpc) is 2.58. The maximum atomic E-state index is 13.4. The Bertz CT molecular complexity index is 983. The molecule has 1 aromatic carbocycles. The van der Waals surface area contributed by atoms with E-state index in [1.54, 1.807) is 0 Å². The molecule has 1 heterocycles. The zero-order valence-electron chi connectivity index (χ0n) is 20.2. The molecule has 0 unspecified atom stereocenters. The van der Waals surface area contributed by atoms with E-state index in [0.29, 0.717) is 25.7 Å². The number of benzene rings is 1. The van der Waals surface area contributed by atoms with Crippen LogP contribution in [0.1, 0.15) is 84.8 Å². The fraction of sp³-hybridized carbons (Fsp3) is 0.630. The van der Waals surface area contributed by atoms with Crippen molar-refractivity contribution in [2.45, 2.75) is 91.0 Å². The molecular formula is C27H36ClNO3. The normalized spacial score (nSPS) is 31.8. The second-order valence-corrected chi connectivity index (χ2v) is 12.6. The Balaban J connectivity index is 1.62. The zero-order valence-corrected chi connectivity index (χ0v) is 21.0. The van der Waals surface area contributed by atoms with Crippen molar-refractivity contribution in [3.8, 4) is 0 Å². The van der Waals surface area contributed by atoms with Crippen LogP contribution < -0.4 is 0 Å². The summed E-state index contributed by atoms with van der Waals surface area (Å²) in [4.78, 5) is 26.8. The summed E-state index contributed by atoms with van der Waals surface area (Å²) < 4.78 is 0. The highest BCUT2D eigenvalue weighted by atomic mass is 35.5. The topological polar surface area (TPSA) is 57.6 Å². The minimum absolute atomic E-state index is 0.0866. The summed E-state index contributed by atoms with van der Waals surface area (Å²) in [5, 5.41) is 10.3. The van der Waals surface area contributed by atoms with Gasteiger partial charge in [-0.2, -0.15) is 0 Å². The highest BCUT2D eigenvalue weighted by Gasteiger charge is 2.75. The molecule has 3 saturated carbocycles. The zero-order chi connectivity index (χ0) is 23.7. The Morgan fingerprint density at radius 3 is 2.34 bits per heavy atom. The van der Waals surface area contributed by atoms with E-state index in [1.165, 1.54) is 5.57 Å². The number of aliphatic carboxylic acids is 1. The van der Waals surface area contributed by atoms with Crippen molar-refractivity contribution in [3.63, 3.8) is 0 Å². The fourth-order valence-electron chi connectivity index (χ4n) is 6.12. The van der Waals surface area contributed by atoms with Crippen molar-refractivity contribution in [1.82, 2.24) is 4.90 Å². The lowest BCUT2D eigenvalue weighted by Crippen LogP contribution is -2.77. The number of aryl methyl sites for hydroxylation is 1. The van der Waals surface area contributed by atoms with Crippen LogP contribution in [-0.4, -0.2) is 27.4 Å². The smallest absolute Gasteiger partial charge is 0.309 e. The number of allylic oxidation sites excluding steroid dienone is 1. The number of hydrogen-bond donors (Lipinski definition) is 1. The molecule has 0 radical (unpaired) electrons. The number of nitrogens with zero attached hydrogens (tertiary/aromatic N) is 1.